The standard InChI is InChI=1S/C17H13F5N4O2/c1-28-11-2-3-26-12(4-11)24-14(17(20,21)22)13(15(26)27)9-6-23-25(7-9)8-10-5-16(10,18)19/h2-4,6-7,10H,5,8H2,1H3/t10-/m0/s1. The first-order chi connectivity index (χ1) is 13.1. The molecule has 148 valence electrons. The minimum Gasteiger partial charge on any atom is -0.497 e. The van der Waals surface area contributed by atoms with Crippen molar-refractivity contribution in [2.75, 3.05) is 7.11 Å². The Bertz CT molecular complexity index is 1120. The number of alkyl halides is 5. The van der Waals surface area contributed by atoms with Gasteiger partial charge in [-0.05, 0) is 6.07 Å². The van der Waals surface area contributed by atoms with Crippen LogP contribution in [0.15, 0.2) is 35.5 Å². The maximum absolute atomic E-state index is 13.6. The van der Waals surface area contributed by atoms with Crippen LogP contribution in [-0.4, -0.2) is 32.2 Å². The lowest BCUT2D eigenvalue weighted by atomic mass is 10.1. The van der Waals surface area contributed by atoms with Gasteiger partial charge in [-0.1, -0.05) is 0 Å². The molecule has 1 saturated carbocycles. The number of methoxy groups -OCH3 is 1. The van der Waals surface area contributed by atoms with Gasteiger partial charge in [-0.25, -0.2) is 13.8 Å². The Hall–Kier alpha value is -2.98. The number of halogens is 5. The molecule has 0 radical (unpaired) electrons. The molecular weight excluding hydrogens is 387 g/mol. The third-order valence-corrected chi connectivity index (χ3v) is 4.59. The van der Waals surface area contributed by atoms with Gasteiger partial charge in [-0.3, -0.25) is 13.9 Å². The van der Waals surface area contributed by atoms with Crippen LogP contribution in [0.25, 0.3) is 16.8 Å². The van der Waals surface area contributed by atoms with E-state index in [4.69, 9.17) is 4.74 Å². The van der Waals surface area contributed by atoms with Crippen LogP contribution in [0.5, 0.6) is 5.75 Å². The number of rotatable bonds is 4. The summed E-state index contributed by atoms with van der Waals surface area (Å²) in [6, 6.07) is 2.62. The number of nitrogens with zero attached hydrogens (tertiary/aromatic N) is 4. The monoisotopic (exact) mass is 400 g/mol. The van der Waals surface area contributed by atoms with E-state index in [0.717, 1.165) is 21.5 Å². The van der Waals surface area contributed by atoms with Gasteiger partial charge in [0.2, 0.25) is 0 Å². The summed E-state index contributed by atoms with van der Waals surface area (Å²) in [6.45, 7) is -0.145. The van der Waals surface area contributed by atoms with Crippen LogP contribution in [0.4, 0.5) is 22.0 Å². The van der Waals surface area contributed by atoms with Crippen molar-refractivity contribution in [3.8, 4) is 16.9 Å². The number of ether oxygens (including phenoxy) is 1. The molecule has 4 rings (SSSR count). The van der Waals surface area contributed by atoms with Gasteiger partial charge < -0.3 is 4.74 Å². The summed E-state index contributed by atoms with van der Waals surface area (Å²) < 4.78 is 73.9. The van der Waals surface area contributed by atoms with E-state index in [9.17, 15) is 26.7 Å². The average molecular weight is 400 g/mol. The Morgan fingerprint density at radius 2 is 2.07 bits per heavy atom. The van der Waals surface area contributed by atoms with Crippen LogP contribution in [0, 0.1) is 5.92 Å². The third kappa shape index (κ3) is 3.10. The van der Waals surface area contributed by atoms with Gasteiger partial charge in [0.25, 0.3) is 11.5 Å². The zero-order chi connectivity index (χ0) is 20.3. The second kappa shape index (κ2) is 6.01. The zero-order valence-corrected chi connectivity index (χ0v) is 14.4. The predicted octanol–water partition coefficient (Wildman–Crippen LogP) is 3.24. The van der Waals surface area contributed by atoms with Crippen molar-refractivity contribution in [3.05, 3.63) is 46.8 Å². The average Bonchev–Trinajstić information content (AvgIpc) is 3.01. The fourth-order valence-corrected chi connectivity index (χ4v) is 3.00. The highest BCUT2D eigenvalue weighted by Crippen LogP contribution is 2.49. The Morgan fingerprint density at radius 1 is 1.36 bits per heavy atom. The Kier molecular flexibility index (Phi) is 3.95. The highest BCUT2D eigenvalue weighted by atomic mass is 19.4. The minimum atomic E-state index is -4.90. The molecule has 6 nitrogen and oxygen atoms in total. The van der Waals surface area contributed by atoms with E-state index in [0.29, 0.717) is 0 Å². The molecule has 0 amide bonds. The lowest BCUT2D eigenvalue weighted by Gasteiger charge is -2.13. The fourth-order valence-electron chi connectivity index (χ4n) is 3.00. The first kappa shape index (κ1) is 18.4. The van der Waals surface area contributed by atoms with Crippen LogP contribution in [0.1, 0.15) is 12.1 Å². The third-order valence-electron chi connectivity index (χ3n) is 4.59. The van der Waals surface area contributed by atoms with Gasteiger partial charge in [0, 0.05) is 42.9 Å². The quantitative estimate of drug-likeness (QED) is 0.631. The van der Waals surface area contributed by atoms with Crippen molar-refractivity contribution in [3.63, 3.8) is 0 Å². The molecule has 0 unspecified atom stereocenters. The molecule has 0 N–H and O–H groups in total. The summed E-state index contributed by atoms with van der Waals surface area (Å²) in [5, 5.41) is 3.83. The Labute approximate surface area is 154 Å². The van der Waals surface area contributed by atoms with Crippen LogP contribution in [0.2, 0.25) is 0 Å². The van der Waals surface area contributed by atoms with E-state index < -0.39 is 34.8 Å². The van der Waals surface area contributed by atoms with E-state index in [2.05, 4.69) is 10.1 Å². The lowest BCUT2D eigenvalue weighted by Crippen LogP contribution is -2.24. The smallest absolute Gasteiger partial charge is 0.434 e. The molecule has 11 heteroatoms. The Morgan fingerprint density at radius 3 is 2.68 bits per heavy atom. The number of hydrogen-bond donors (Lipinski definition) is 0. The summed E-state index contributed by atoms with van der Waals surface area (Å²) >= 11 is 0. The number of hydrogen-bond acceptors (Lipinski definition) is 4. The van der Waals surface area contributed by atoms with Crippen molar-refractivity contribution in [1.82, 2.24) is 19.2 Å². The van der Waals surface area contributed by atoms with Crippen molar-refractivity contribution in [1.29, 1.82) is 0 Å². The summed E-state index contributed by atoms with van der Waals surface area (Å²) in [5.41, 5.74) is -3.38. The highest BCUT2D eigenvalue weighted by molar-refractivity contribution is 5.66. The fraction of sp³-hybridized carbons (Fsp3) is 0.353. The van der Waals surface area contributed by atoms with Gasteiger partial charge in [0.1, 0.15) is 11.4 Å². The molecule has 0 spiro atoms. The molecule has 0 aliphatic heterocycles. The molecule has 3 heterocycles. The summed E-state index contributed by atoms with van der Waals surface area (Å²) in [5.74, 6) is -3.46. The van der Waals surface area contributed by atoms with E-state index in [1.54, 1.807) is 0 Å². The van der Waals surface area contributed by atoms with Gasteiger partial charge in [0.15, 0.2) is 5.69 Å². The van der Waals surface area contributed by atoms with Gasteiger partial charge in [0.05, 0.1) is 18.9 Å². The predicted molar refractivity (Wildman–Crippen MR) is 87.3 cm³/mol. The summed E-state index contributed by atoms with van der Waals surface area (Å²) in [7, 11) is 1.33. The van der Waals surface area contributed by atoms with Gasteiger partial charge in [-0.15, -0.1) is 0 Å². The molecule has 1 aliphatic carbocycles. The molecule has 28 heavy (non-hydrogen) atoms. The molecule has 1 aliphatic rings. The molecule has 3 aromatic rings. The molecule has 1 fully saturated rings. The molecule has 0 bridgehead atoms. The second-order valence-electron chi connectivity index (χ2n) is 6.55. The SMILES string of the molecule is COc1ccn2c(=O)c(-c3cnn(C[C@@H]4CC4(F)F)c3)c(C(F)(F)F)nc2c1. The number of pyridine rings is 1. The van der Waals surface area contributed by atoms with Crippen molar-refractivity contribution in [2.45, 2.75) is 25.1 Å². The van der Waals surface area contributed by atoms with E-state index >= 15 is 0 Å². The van der Waals surface area contributed by atoms with Gasteiger partial charge >= 0.3 is 6.18 Å². The first-order valence-corrected chi connectivity index (χ1v) is 8.18. The topological polar surface area (TPSA) is 61.4 Å². The van der Waals surface area contributed by atoms with E-state index in [1.165, 1.54) is 25.4 Å². The largest absolute Gasteiger partial charge is 0.497 e. The highest BCUT2D eigenvalue weighted by Gasteiger charge is 2.56. The second-order valence-corrected chi connectivity index (χ2v) is 6.55. The maximum atomic E-state index is 13.6. The molecule has 0 saturated heterocycles. The molecule has 1 atom stereocenters. The Balaban J connectivity index is 1.85. The minimum absolute atomic E-state index is 0.140. The summed E-state index contributed by atoms with van der Waals surface area (Å²) in [4.78, 5) is 16.4. The van der Waals surface area contributed by atoms with Crippen LogP contribution < -0.4 is 10.3 Å². The lowest BCUT2D eigenvalue weighted by molar-refractivity contribution is -0.140. The number of fused-ring (bicyclic) bond motifs is 1. The van der Waals surface area contributed by atoms with Crippen LogP contribution >= 0.6 is 0 Å². The van der Waals surface area contributed by atoms with Crippen LogP contribution in [-0.2, 0) is 12.7 Å². The zero-order valence-electron chi connectivity index (χ0n) is 14.4. The normalized spacial score (nSPS) is 18.4. The van der Waals surface area contributed by atoms with Crippen LogP contribution in [0.3, 0.4) is 0 Å². The van der Waals surface area contributed by atoms with Crippen molar-refractivity contribution in [2.24, 2.45) is 5.92 Å². The van der Waals surface area contributed by atoms with Crippen molar-refractivity contribution >= 4 is 5.65 Å². The van der Waals surface area contributed by atoms with Crippen molar-refractivity contribution < 1.29 is 26.7 Å². The van der Waals surface area contributed by atoms with E-state index in [1.807, 2.05) is 0 Å². The number of aromatic nitrogens is 4. The summed E-state index contributed by atoms with van der Waals surface area (Å²) in [6.07, 6.45) is -1.75. The molecule has 0 aromatic carbocycles. The molecule has 3 aromatic heterocycles. The van der Waals surface area contributed by atoms with Gasteiger partial charge in [-0.2, -0.15) is 18.3 Å². The van der Waals surface area contributed by atoms with E-state index in [-0.39, 0.29) is 29.9 Å². The molecular formula is C17H13F5N4O2. The first-order valence-electron chi connectivity index (χ1n) is 8.18. The maximum Gasteiger partial charge on any atom is 0.434 e.